The largest absolute Gasteiger partial charge is 0.494 e. The van der Waals surface area contributed by atoms with Crippen molar-refractivity contribution in [3.8, 4) is 5.75 Å². The van der Waals surface area contributed by atoms with E-state index in [1.54, 1.807) is 12.1 Å². The first-order chi connectivity index (χ1) is 15.1. The van der Waals surface area contributed by atoms with E-state index in [1.165, 1.54) is 17.4 Å². The Morgan fingerprint density at radius 3 is 2.77 bits per heavy atom. The number of furan rings is 1. The van der Waals surface area contributed by atoms with E-state index in [2.05, 4.69) is 41.9 Å². The number of para-hydroxylation sites is 2. The van der Waals surface area contributed by atoms with Gasteiger partial charge in [0.2, 0.25) is 0 Å². The molecule has 0 saturated carbocycles. The molecule has 6 heteroatoms. The molecule has 160 valence electrons. The summed E-state index contributed by atoms with van der Waals surface area (Å²) in [4.78, 5) is 16.9. The highest BCUT2D eigenvalue weighted by atomic mass is 16.5. The van der Waals surface area contributed by atoms with E-state index in [4.69, 9.17) is 14.1 Å². The van der Waals surface area contributed by atoms with Crippen LogP contribution in [0.4, 0.5) is 0 Å². The third-order valence-corrected chi connectivity index (χ3v) is 5.39. The molecule has 1 amide bonds. The number of rotatable bonds is 9. The van der Waals surface area contributed by atoms with Crippen LogP contribution in [0, 0.1) is 13.8 Å². The number of benzene rings is 2. The molecule has 0 saturated heterocycles. The number of nitrogens with zero attached hydrogens (tertiary/aromatic N) is 2. The molecule has 6 nitrogen and oxygen atoms in total. The van der Waals surface area contributed by atoms with Crippen molar-refractivity contribution in [2.45, 2.75) is 33.2 Å². The fourth-order valence-corrected chi connectivity index (χ4v) is 3.56. The van der Waals surface area contributed by atoms with Crippen LogP contribution in [0.2, 0.25) is 0 Å². The summed E-state index contributed by atoms with van der Waals surface area (Å²) in [5.74, 6) is 1.96. The molecule has 2 aromatic carbocycles. The van der Waals surface area contributed by atoms with Crippen molar-refractivity contribution in [2.75, 3.05) is 13.2 Å². The van der Waals surface area contributed by atoms with E-state index in [0.29, 0.717) is 25.3 Å². The lowest BCUT2D eigenvalue weighted by Gasteiger charge is -2.11. The Morgan fingerprint density at radius 1 is 1.10 bits per heavy atom. The number of amides is 1. The molecule has 2 heterocycles. The summed E-state index contributed by atoms with van der Waals surface area (Å²) < 4.78 is 13.3. The van der Waals surface area contributed by atoms with Gasteiger partial charge in [-0.1, -0.05) is 18.2 Å². The standard InChI is InChI=1S/C25H27N3O3/c1-18-10-11-20(17-19(18)2)30-16-6-14-28-22-8-4-3-7-21(22)27-24(28)12-13-26-25(29)23-9-5-15-31-23/h3-5,7-11,15,17H,6,12-14,16H2,1-2H3,(H,26,29). The monoisotopic (exact) mass is 417 g/mol. The Morgan fingerprint density at radius 2 is 1.97 bits per heavy atom. The van der Waals surface area contributed by atoms with Crippen LogP contribution < -0.4 is 10.1 Å². The van der Waals surface area contributed by atoms with Crippen LogP contribution in [0.25, 0.3) is 11.0 Å². The van der Waals surface area contributed by atoms with Gasteiger partial charge >= 0.3 is 0 Å². The van der Waals surface area contributed by atoms with Crippen molar-refractivity contribution in [1.82, 2.24) is 14.9 Å². The van der Waals surface area contributed by atoms with Gasteiger partial charge in [0.25, 0.3) is 5.91 Å². The van der Waals surface area contributed by atoms with Crippen LogP contribution in [0.1, 0.15) is 33.9 Å². The number of ether oxygens (including phenoxy) is 1. The van der Waals surface area contributed by atoms with Gasteiger partial charge in [0, 0.05) is 19.5 Å². The second-order valence-electron chi connectivity index (χ2n) is 7.60. The molecule has 0 atom stereocenters. The average molecular weight is 418 g/mol. The number of nitrogens with one attached hydrogen (secondary N) is 1. The maximum absolute atomic E-state index is 12.1. The minimum Gasteiger partial charge on any atom is -0.494 e. The van der Waals surface area contributed by atoms with E-state index < -0.39 is 0 Å². The quantitative estimate of drug-likeness (QED) is 0.401. The summed E-state index contributed by atoms with van der Waals surface area (Å²) in [6.45, 7) is 6.11. The number of hydrogen-bond acceptors (Lipinski definition) is 4. The van der Waals surface area contributed by atoms with Crippen molar-refractivity contribution in [3.63, 3.8) is 0 Å². The van der Waals surface area contributed by atoms with E-state index in [1.807, 2.05) is 24.3 Å². The van der Waals surface area contributed by atoms with Crippen LogP contribution in [-0.4, -0.2) is 28.6 Å². The van der Waals surface area contributed by atoms with Crippen molar-refractivity contribution in [3.05, 3.63) is 83.6 Å². The third kappa shape index (κ3) is 4.97. The minimum absolute atomic E-state index is 0.213. The predicted octanol–water partition coefficient (Wildman–Crippen LogP) is 4.69. The van der Waals surface area contributed by atoms with Crippen LogP contribution in [-0.2, 0) is 13.0 Å². The maximum Gasteiger partial charge on any atom is 0.286 e. The smallest absolute Gasteiger partial charge is 0.286 e. The van der Waals surface area contributed by atoms with Crippen LogP contribution in [0.3, 0.4) is 0 Å². The molecule has 0 spiro atoms. The molecule has 4 aromatic rings. The SMILES string of the molecule is Cc1ccc(OCCCn2c(CCNC(=O)c3ccco3)nc3ccccc32)cc1C. The Bertz CT molecular complexity index is 1160. The summed E-state index contributed by atoms with van der Waals surface area (Å²) in [5.41, 5.74) is 4.56. The molecular weight excluding hydrogens is 390 g/mol. The summed E-state index contributed by atoms with van der Waals surface area (Å²) in [6.07, 6.45) is 2.99. The van der Waals surface area contributed by atoms with Crippen LogP contribution in [0.15, 0.2) is 65.3 Å². The molecule has 0 aliphatic rings. The Hall–Kier alpha value is -3.54. The number of carbonyl (C=O) groups is 1. The second-order valence-corrected chi connectivity index (χ2v) is 7.60. The van der Waals surface area contributed by atoms with Gasteiger partial charge in [-0.3, -0.25) is 4.79 Å². The zero-order chi connectivity index (χ0) is 21.6. The Kier molecular flexibility index (Phi) is 6.36. The predicted molar refractivity (Wildman–Crippen MR) is 121 cm³/mol. The molecule has 0 radical (unpaired) electrons. The van der Waals surface area contributed by atoms with E-state index >= 15 is 0 Å². The van der Waals surface area contributed by atoms with Crippen molar-refractivity contribution >= 4 is 16.9 Å². The van der Waals surface area contributed by atoms with Gasteiger partial charge < -0.3 is 19.0 Å². The van der Waals surface area contributed by atoms with E-state index in [0.717, 1.165) is 35.6 Å². The highest BCUT2D eigenvalue weighted by Crippen LogP contribution is 2.19. The van der Waals surface area contributed by atoms with Gasteiger partial charge in [0.05, 0.1) is 23.9 Å². The zero-order valence-corrected chi connectivity index (χ0v) is 17.9. The Balaban J connectivity index is 1.37. The number of hydrogen-bond donors (Lipinski definition) is 1. The highest BCUT2D eigenvalue weighted by Gasteiger charge is 2.12. The first kappa shape index (κ1) is 20.7. The molecule has 31 heavy (non-hydrogen) atoms. The van der Waals surface area contributed by atoms with Gasteiger partial charge in [-0.2, -0.15) is 0 Å². The summed E-state index contributed by atoms with van der Waals surface area (Å²) in [6, 6.07) is 17.6. The lowest BCUT2D eigenvalue weighted by molar-refractivity contribution is 0.0926. The molecule has 0 unspecified atom stereocenters. The fourth-order valence-electron chi connectivity index (χ4n) is 3.56. The number of imidazole rings is 1. The molecular formula is C25H27N3O3. The molecule has 0 aliphatic heterocycles. The van der Waals surface area contributed by atoms with Gasteiger partial charge in [-0.15, -0.1) is 0 Å². The molecule has 2 aromatic heterocycles. The van der Waals surface area contributed by atoms with Gasteiger partial charge in [0.1, 0.15) is 11.6 Å². The number of fused-ring (bicyclic) bond motifs is 1. The Labute approximate surface area is 181 Å². The number of aryl methyl sites for hydroxylation is 3. The molecule has 1 N–H and O–H groups in total. The van der Waals surface area contributed by atoms with Gasteiger partial charge in [-0.25, -0.2) is 4.98 Å². The van der Waals surface area contributed by atoms with Crippen molar-refractivity contribution in [2.24, 2.45) is 0 Å². The molecule has 0 fully saturated rings. The lowest BCUT2D eigenvalue weighted by Crippen LogP contribution is -2.26. The molecule has 0 aliphatic carbocycles. The first-order valence-electron chi connectivity index (χ1n) is 10.6. The van der Waals surface area contributed by atoms with Crippen molar-refractivity contribution in [1.29, 1.82) is 0 Å². The first-order valence-corrected chi connectivity index (χ1v) is 10.6. The highest BCUT2D eigenvalue weighted by molar-refractivity contribution is 5.91. The molecule has 0 bridgehead atoms. The fraction of sp³-hybridized carbons (Fsp3) is 0.280. The number of aromatic nitrogens is 2. The summed E-state index contributed by atoms with van der Waals surface area (Å²) in [7, 11) is 0. The van der Waals surface area contributed by atoms with Gasteiger partial charge in [0.15, 0.2) is 5.76 Å². The van der Waals surface area contributed by atoms with E-state index in [-0.39, 0.29) is 5.91 Å². The number of carbonyl (C=O) groups excluding carboxylic acids is 1. The van der Waals surface area contributed by atoms with E-state index in [9.17, 15) is 4.79 Å². The van der Waals surface area contributed by atoms with Crippen LogP contribution in [0.5, 0.6) is 5.75 Å². The van der Waals surface area contributed by atoms with Gasteiger partial charge in [-0.05, 0) is 67.8 Å². The third-order valence-electron chi connectivity index (χ3n) is 5.39. The average Bonchev–Trinajstić information content (AvgIpc) is 3.42. The van der Waals surface area contributed by atoms with Crippen molar-refractivity contribution < 1.29 is 13.9 Å². The molecule has 4 rings (SSSR count). The van der Waals surface area contributed by atoms with Crippen LogP contribution >= 0.6 is 0 Å². The summed E-state index contributed by atoms with van der Waals surface area (Å²) >= 11 is 0. The topological polar surface area (TPSA) is 69.3 Å². The lowest BCUT2D eigenvalue weighted by atomic mass is 10.1. The zero-order valence-electron chi connectivity index (χ0n) is 17.9. The minimum atomic E-state index is -0.213. The summed E-state index contributed by atoms with van der Waals surface area (Å²) in [5, 5.41) is 2.89. The second kappa shape index (κ2) is 9.51. The maximum atomic E-state index is 12.1. The normalized spacial score (nSPS) is 11.0.